The molecule has 3 aromatic rings. The van der Waals surface area contributed by atoms with Crippen LogP contribution in [0, 0.1) is 11.3 Å². The Morgan fingerprint density at radius 3 is 2.62 bits per heavy atom. The molecule has 1 saturated carbocycles. The minimum atomic E-state index is -0.195. The number of para-hydroxylation sites is 1. The van der Waals surface area contributed by atoms with Crippen LogP contribution < -0.4 is 10.9 Å². The normalized spacial score (nSPS) is 14.0. The number of benzene rings is 2. The number of aromatic nitrogens is 2. The Morgan fingerprint density at radius 1 is 1.17 bits per heavy atom. The summed E-state index contributed by atoms with van der Waals surface area (Å²) >= 11 is 1.25. The molecule has 7 heteroatoms. The van der Waals surface area contributed by atoms with E-state index in [9.17, 15) is 9.59 Å². The highest BCUT2D eigenvalue weighted by Crippen LogP contribution is 2.22. The van der Waals surface area contributed by atoms with E-state index < -0.39 is 0 Å². The van der Waals surface area contributed by atoms with Crippen molar-refractivity contribution >= 4 is 28.6 Å². The zero-order valence-corrected chi connectivity index (χ0v) is 16.6. The van der Waals surface area contributed by atoms with Crippen molar-refractivity contribution < 1.29 is 4.79 Å². The fraction of sp³-hybridized carbons (Fsp3) is 0.273. The van der Waals surface area contributed by atoms with Gasteiger partial charge in [0.1, 0.15) is 0 Å². The number of nitrogens with zero attached hydrogens (tertiary/aromatic N) is 3. The SMILES string of the molecule is N#Cc1ccc(-n2c(SCC(=O)NC3CCCC3)nc3ccccc3c2=O)cc1. The van der Waals surface area contributed by atoms with Crippen LogP contribution in [0.15, 0.2) is 58.5 Å². The summed E-state index contributed by atoms with van der Waals surface area (Å²) in [6.07, 6.45) is 4.37. The third-order valence-corrected chi connectivity index (χ3v) is 5.99. The standard InChI is InChI=1S/C22H20N4O2S/c23-13-15-9-11-17(12-10-15)26-21(28)18-7-3-4-8-19(18)25-22(26)29-14-20(27)24-16-5-1-2-6-16/h3-4,7-12,16H,1-2,5-6,14H2,(H,24,27). The Hall–Kier alpha value is -3.11. The van der Waals surface area contributed by atoms with Crippen molar-refractivity contribution in [3.63, 3.8) is 0 Å². The molecule has 1 fully saturated rings. The smallest absolute Gasteiger partial charge is 0.266 e. The fourth-order valence-corrected chi connectivity index (χ4v) is 4.42. The molecule has 1 amide bonds. The van der Waals surface area contributed by atoms with Crippen LogP contribution in [0.4, 0.5) is 0 Å². The second-order valence-corrected chi connectivity index (χ2v) is 7.99. The minimum Gasteiger partial charge on any atom is -0.353 e. The Kier molecular flexibility index (Phi) is 5.63. The lowest BCUT2D eigenvalue weighted by atomic mass is 10.2. The van der Waals surface area contributed by atoms with E-state index in [4.69, 9.17) is 5.26 Å². The lowest BCUT2D eigenvalue weighted by Crippen LogP contribution is -2.34. The highest BCUT2D eigenvalue weighted by Gasteiger charge is 2.19. The number of carbonyl (C=O) groups excluding carboxylic acids is 1. The summed E-state index contributed by atoms with van der Waals surface area (Å²) in [5, 5.41) is 13.1. The maximum absolute atomic E-state index is 13.2. The molecule has 0 spiro atoms. The van der Waals surface area contributed by atoms with Gasteiger partial charge in [0.15, 0.2) is 5.16 Å². The molecular weight excluding hydrogens is 384 g/mol. The summed E-state index contributed by atoms with van der Waals surface area (Å²) in [6.45, 7) is 0. The van der Waals surface area contributed by atoms with Gasteiger partial charge in [-0.25, -0.2) is 4.98 Å². The van der Waals surface area contributed by atoms with E-state index in [-0.39, 0.29) is 23.3 Å². The first-order chi connectivity index (χ1) is 14.2. The first-order valence-electron chi connectivity index (χ1n) is 9.60. The van der Waals surface area contributed by atoms with E-state index in [0.29, 0.717) is 27.3 Å². The topological polar surface area (TPSA) is 87.8 Å². The van der Waals surface area contributed by atoms with E-state index >= 15 is 0 Å². The fourth-order valence-electron chi connectivity index (χ4n) is 3.59. The van der Waals surface area contributed by atoms with Gasteiger partial charge in [0.25, 0.3) is 5.56 Å². The van der Waals surface area contributed by atoms with Crippen LogP contribution in [0.1, 0.15) is 31.2 Å². The van der Waals surface area contributed by atoms with Crippen LogP contribution >= 0.6 is 11.8 Å². The molecule has 0 unspecified atom stereocenters. The summed E-state index contributed by atoms with van der Waals surface area (Å²) in [5.41, 5.74) is 1.53. The Balaban J connectivity index is 1.68. The van der Waals surface area contributed by atoms with Crippen LogP contribution in [-0.4, -0.2) is 27.3 Å². The lowest BCUT2D eigenvalue weighted by Gasteiger charge is -2.14. The van der Waals surface area contributed by atoms with Gasteiger partial charge in [-0.05, 0) is 49.2 Å². The van der Waals surface area contributed by atoms with Crippen molar-refractivity contribution in [3.8, 4) is 11.8 Å². The van der Waals surface area contributed by atoms with Crippen molar-refractivity contribution in [1.29, 1.82) is 5.26 Å². The number of hydrogen-bond acceptors (Lipinski definition) is 5. The van der Waals surface area contributed by atoms with Crippen LogP contribution in [0.2, 0.25) is 0 Å². The van der Waals surface area contributed by atoms with Gasteiger partial charge in [-0.3, -0.25) is 14.2 Å². The molecule has 1 aliphatic carbocycles. The van der Waals surface area contributed by atoms with Gasteiger partial charge in [-0.1, -0.05) is 36.7 Å². The number of nitrogens with one attached hydrogen (secondary N) is 1. The molecule has 1 heterocycles. The number of hydrogen-bond donors (Lipinski definition) is 1. The molecule has 4 rings (SSSR count). The van der Waals surface area contributed by atoms with E-state index in [1.807, 2.05) is 6.07 Å². The predicted molar refractivity (Wildman–Crippen MR) is 113 cm³/mol. The van der Waals surface area contributed by atoms with Gasteiger partial charge in [-0.15, -0.1) is 0 Å². The van der Waals surface area contributed by atoms with Crippen LogP contribution in [-0.2, 0) is 4.79 Å². The number of nitriles is 1. The summed E-state index contributed by atoms with van der Waals surface area (Å²) in [6, 6.07) is 16.3. The molecule has 0 bridgehead atoms. The molecule has 0 aliphatic heterocycles. The van der Waals surface area contributed by atoms with Gasteiger partial charge in [0.05, 0.1) is 34.0 Å². The number of thioether (sulfide) groups is 1. The van der Waals surface area contributed by atoms with Gasteiger partial charge in [-0.2, -0.15) is 5.26 Å². The molecule has 1 aliphatic rings. The predicted octanol–water partition coefficient (Wildman–Crippen LogP) is 3.41. The quantitative estimate of drug-likeness (QED) is 0.520. The molecule has 0 saturated heterocycles. The second kappa shape index (κ2) is 8.50. The van der Waals surface area contributed by atoms with Crippen molar-refractivity contribution in [2.75, 3.05) is 5.75 Å². The van der Waals surface area contributed by atoms with Crippen LogP contribution in [0.5, 0.6) is 0 Å². The molecule has 0 atom stereocenters. The van der Waals surface area contributed by atoms with Crippen LogP contribution in [0.3, 0.4) is 0 Å². The van der Waals surface area contributed by atoms with Gasteiger partial charge >= 0.3 is 0 Å². The highest BCUT2D eigenvalue weighted by molar-refractivity contribution is 7.99. The molecule has 29 heavy (non-hydrogen) atoms. The van der Waals surface area contributed by atoms with Crippen molar-refractivity contribution in [3.05, 3.63) is 64.4 Å². The van der Waals surface area contributed by atoms with Crippen molar-refractivity contribution in [2.45, 2.75) is 36.9 Å². The third-order valence-electron chi connectivity index (χ3n) is 5.05. The maximum Gasteiger partial charge on any atom is 0.266 e. The summed E-state index contributed by atoms with van der Waals surface area (Å²) in [5.74, 6) is 0.146. The number of carbonyl (C=O) groups is 1. The zero-order valence-electron chi connectivity index (χ0n) is 15.8. The molecule has 6 nitrogen and oxygen atoms in total. The largest absolute Gasteiger partial charge is 0.353 e. The van der Waals surface area contributed by atoms with Crippen molar-refractivity contribution in [1.82, 2.24) is 14.9 Å². The summed E-state index contributed by atoms with van der Waals surface area (Å²) in [4.78, 5) is 30.2. The van der Waals surface area contributed by atoms with E-state index in [1.165, 1.54) is 16.3 Å². The second-order valence-electron chi connectivity index (χ2n) is 7.05. The monoisotopic (exact) mass is 404 g/mol. The van der Waals surface area contributed by atoms with Gasteiger partial charge in [0.2, 0.25) is 5.91 Å². The molecular formula is C22H20N4O2S. The first kappa shape index (κ1) is 19.2. The Bertz CT molecular complexity index is 1140. The number of fused-ring (bicyclic) bond motifs is 1. The van der Waals surface area contributed by atoms with Gasteiger partial charge in [0, 0.05) is 6.04 Å². The first-order valence-corrected chi connectivity index (χ1v) is 10.6. The Labute approximate surface area is 172 Å². The Morgan fingerprint density at radius 2 is 1.90 bits per heavy atom. The average molecular weight is 404 g/mol. The van der Waals surface area contributed by atoms with E-state index in [1.54, 1.807) is 42.5 Å². The summed E-state index contributed by atoms with van der Waals surface area (Å²) < 4.78 is 1.51. The van der Waals surface area contributed by atoms with E-state index in [0.717, 1.165) is 25.7 Å². The molecule has 146 valence electrons. The van der Waals surface area contributed by atoms with E-state index in [2.05, 4.69) is 16.4 Å². The summed E-state index contributed by atoms with van der Waals surface area (Å²) in [7, 11) is 0. The van der Waals surface area contributed by atoms with Crippen molar-refractivity contribution in [2.24, 2.45) is 0 Å². The lowest BCUT2D eigenvalue weighted by molar-refractivity contribution is -0.119. The molecule has 1 N–H and O–H groups in total. The zero-order chi connectivity index (χ0) is 20.2. The van der Waals surface area contributed by atoms with Gasteiger partial charge < -0.3 is 5.32 Å². The highest BCUT2D eigenvalue weighted by atomic mass is 32.2. The minimum absolute atomic E-state index is 0.0457. The molecule has 1 aromatic heterocycles. The molecule has 0 radical (unpaired) electrons. The number of amides is 1. The van der Waals surface area contributed by atoms with Crippen LogP contribution in [0.25, 0.3) is 16.6 Å². The maximum atomic E-state index is 13.2. The average Bonchev–Trinajstić information content (AvgIpc) is 3.25. The molecule has 2 aromatic carbocycles. The third kappa shape index (κ3) is 4.17. The number of rotatable bonds is 5.